The van der Waals surface area contributed by atoms with Crippen LogP contribution in [0.1, 0.15) is 38.2 Å². The maximum atomic E-state index is 11.9. The Hall–Kier alpha value is -1.40. The van der Waals surface area contributed by atoms with Gasteiger partial charge >= 0.3 is 0 Å². The second-order valence-electron chi connectivity index (χ2n) is 5.51. The van der Waals surface area contributed by atoms with Crippen LogP contribution in [0.5, 0.6) is 0 Å². The summed E-state index contributed by atoms with van der Waals surface area (Å²) in [5.74, 6) is 0.615. The van der Waals surface area contributed by atoms with Crippen molar-refractivity contribution in [2.45, 2.75) is 39.0 Å². The molecule has 0 aromatic heterocycles. The van der Waals surface area contributed by atoms with Gasteiger partial charge in [0, 0.05) is 18.7 Å². The van der Waals surface area contributed by atoms with E-state index >= 15 is 0 Å². The predicted octanol–water partition coefficient (Wildman–Crippen LogP) is 3.61. The summed E-state index contributed by atoms with van der Waals surface area (Å²) in [5.41, 5.74) is 2.10. The lowest BCUT2D eigenvalue weighted by Crippen LogP contribution is -2.29. The number of anilines is 1. The Morgan fingerprint density at radius 1 is 1.26 bits per heavy atom. The van der Waals surface area contributed by atoms with E-state index in [1.165, 1.54) is 17.3 Å². The van der Waals surface area contributed by atoms with E-state index in [4.69, 9.17) is 12.2 Å². The van der Waals surface area contributed by atoms with Crippen molar-refractivity contribution < 1.29 is 9.59 Å². The van der Waals surface area contributed by atoms with Gasteiger partial charge in [-0.25, -0.2) is 0 Å². The van der Waals surface area contributed by atoms with Gasteiger partial charge in [0.15, 0.2) is 0 Å². The Labute approximate surface area is 147 Å². The van der Waals surface area contributed by atoms with Crippen LogP contribution in [-0.2, 0) is 16.0 Å². The Morgan fingerprint density at radius 3 is 2.61 bits per heavy atom. The number of carbonyl (C=O) groups is 2. The topological polar surface area (TPSA) is 49.4 Å². The molecule has 1 saturated heterocycles. The lowest BCUT2D eigenvalue weighted by atomic mass is 10.1. The first-order chi connectivity index (χ1) is 11.1. The molecule has 0 unspecified atom stereocenters. The average Bonchev–Trinajstić information content (AvgIpc) is 2.87. The van der Waals surface area contributed by atoms with Gasteiger partial charge in [0.1, 0.15) is 4.32 Å². The third kappa shape index (κ3) is 5.62. The van der Waals surface area contributed by atoms with Gasteiger partial charge in [-0.2, -0.15) is 0 Å². The minimum absolute atomic E-state index is 0.0394. The molecule has 0 saturated carbocycles. The van der Waals surface area contributed by atoms with Crippen molar-refractivity contribution >= 4 is 45.8 Å². The minimum atomic E-state index is 0.0394. The zero-order valence-electron chi connectivity index (χ0n) is 13.3. The van der Waals surface area contributed by atoms with Gasteiger partial charge in [-0.15, -0.1) is 0 Å². The van der Waals surface area contributed by atoms with Crippen molar-refractivity contribution in [3.05, 3.63) is 29.8 Å². The van der Waals surface area contributed by atoms with Gasteiger partial charge < -0.3 is 5.32 Å². The Morgan fingerprint density at radius 2 is 2.00 bits per heavy atom. The van der Waals surface area contributed by atoms with Crippen LogP contribution in [0.25, 0.3) is 0 Å². The van der Waals surface area contributed by atoms with Crippen molar-refractivity contribution in [3.63, 3.8) is 0 Å². The summed E-state index contributed by atoms with van der Waals surface area (Å²) in [6.45, 7) is 2.78. The normalized spacial score (nSPS) is 14.4. The number of nitrogens with zero attached hydrogens (tertiary/aromatic N) is 1. The highest BCUT2D eigenvalue weighted by molar-refractivity contribution is 8.23. The highest BCUT2D eigenvalue weighted by Gasteiger charge is 2.25. The number of benzene rings is 1. The molecule has 0 radical (unpaired) electrons. The number of unbranched alkanes of at least 4 members (excludes halogenated alkanes) is 2. The first kappa shape index (κ1) is 17.9. The van der Waals surface area contributed by atoms with E-state index in [1.807, 2.05) is 24.3 Å². The van der Waals surface area contributed by atoms with E-state index in [0.717, 1.165) is 31.4 Å². The Balaban J connectivity index is 1.61. The molecule has 0 spiro atoms. The molecule has 1 aromatic carbocycles. The van der Waals surface area contributed by atoms with Gasteiger partial charge in [-0.3, -0.25) is 14.5 Å². The fraction of sp³-hybridized carbons (Fsp3) is 0.471. The fourth-order valence-corrected chi connectivity index (χ4v) is 3.50. The molecule has 1 aromatic rings. The number of amides is 2. The summed E-state index contributed by atoms with van der Waals surface area (Å²) in [4.78, 5) is 25.1. The first-order valence-electron chi connectivity index (χ1n) is 7.96. The second kappa shape index (κ2) is 9.03. The van der Waals surface area contributed by atoms with E-state index in [2.05, 4.69) is 12.2 Å². The van der Waals surface area contributed by atoms with Gasteiger partial charge in [-0.05, 0) is 37.0 Å². The number of nitrogens with one attached hydrogen (secondary N) is 1. The number of aryl methyl sites for hydroxylation is 1. The third-order valence-electron chi connectivity index (χ3n) is 3.77. The highest BCUT2D eigenvalue weighted by Crippen LogP contribution is 2.20. The maximum Gasteiger partial charge on any atom is 0.238 e. The number of rotatable bonds is 8. The molecule has 2 rings (SSSR count). The van der Waals surface area contributed by atoms with Crippen LogP contribution < -0.4 is 5.32 Å². The molecule has 1 fully saturated rings. The second-order valence-corrected chi connectivity index (χ2v) is 7.12. The van der Waals surface area contributed by atoms with Crippen LogP contribution in [0.2, 0.25) is 0 Å². The van der Waals surface area contributed by atoms with Crippen LogP contribution in [0, 0.1) is 0 Å². The summed E-state index contributed by atoms with van der Waals surface area (Å²) in [6.07, 6.45) is 4.11. The van der Waals surface area contributed by atoms with Gasteiger partial charge in [0.05, 0.1) is 5.75 Å². The summed E-state index contributed by atoms with van der Waals surface area (Å²) >= 11 is 6.56. The van der Waals surface area contributed by atoms with Crippen molar-refractivity contribution in [3.8, 4) is 0 Å². The SMILES string of the molecule is CCc1ccc(NC(=O)CCCCCN2C(=O)CSC2=S)cc1. The van der Waals surface area contributed by atoms with E-state index in [-0.39, 0.29) is 11.8 Å². The number of carbonyl (C=O) groups excluding carboxylic acids is 2. The molecule has 6 heteroatoms. The van der Waals surface area contributed by atoms with E-state index in [0.29, 0.717) is 23.0 Å². The summed E-state index contributed by atoms with van der Waals surface area (Å²) < 4.78 is 0.684. The first-order valence-corrected chi connectivity index (χ1v) is 9.35. The Bertz CT molecular complexity index is 556. The number of thiocarbonyl (C=S) groups is 1. The third-order valence-corrected chi connectivity index (χ3v) is 5.20. The summed E-state index contributed by atoms with van der Waals surface area (Å²) in [7, 11) is 0. The van der Waals surface area contributed by atoms with Crippen molar-refractivity contribution in [2.75, 3.05) is 17.6 Å². The zero-order chi connectivity index (χ0) is 16.7. The van der Waals surface area contributed by atoms with Crippen LogP contribution in [0.15, 0.2) is 24.3 Å². The van der Waals surface area contributed by atoms with E-state index < -0.39 is 0 Å². The molecule has 4 nitrogen and oxygen atoms in total. The molecule has 1 aliphatic rings. The van der Waals surface area contributed by atoms with Gasteiger partial charge in [-0.1, -0.05) is 49.5 Å². The van der Waals surface area contributed by atoms with Crippen molar-refractivity contribution in [1.29, 1.82) is 0 Å². The molecule has 124 valence electrons. The summed E-state index contributed by atoms with van der Waals surface area (Å²) in [6, 6.07) is 7.94. The van der Waals surface area contributed by atoms with Crippen LogP contribution in [-0.4, -0.2) is 33.3 Å². The molecule has 0 aliphatic carbocycles. The molecule has 23 heavy (non-hydrogen) atoms. The lowest BCUT2D eigenvalue weighted by molar-refractivity contribution is -0.124. The molecular weight excluding hydrogens is 328 g/mol. The largest absolute Gasteiger partial charge is 0.326 e. The highest BCUT2D eigenvalue weighted by atomic mass is 32.2. The summed E-state index contributed by atoms with van der Waals surface area (Å²) in [5, 5.41) is 2.91. The van der Waals surface area contributed by atoms with Crippen LogP contribution in [0.4, 0.5) is 5.69 Å². The van der Waals surface area contributed by atoms with E-state index in [1.54, 1.807) is 4.90 Å². The predicted molar refractivity (Wildman–Crippen MR) is 99.7 cm³/mol. The fourth-order valence-electron chi connectivity index (χ4n) is 2.38. The molecule has 0 atom stereocenters. The number of thioether (sulfide) groups is 1. The lowest BCUT2D eigenvalue weighted by Gasteiger charge is -2.14. The van der Waals surface area contributed by atoms with E-state index in [9.17, 15) is 9.59 Å². The monoisotopic (exact) mass is 350 g/mol. The molecule has 0 bridgehead atoms. The van der Waals surface area contributed by atoms with Gasteiger partial charge in [0.2, 0.25) is 11.8 Å². The van der Waals surface area contributed by atoms with Gasteiger partial charge in [0.25, 0.3) is 0 Å². The maximum absolute atomic E-state index is 11.9. The van der Waals surface area contributed by atoms with Crippen LogP contribution >= 0.6 is 24.0 Å². The van der Waals surface area contributed by atoms with Crippen molar-refractivity contribution in [2.24, 2.45) is 0 Å². The Kier molecular flexibility index (Phi) is 7.05. The van der Waals surface area contributed by atoms with Crippen molar-refractivity contribution in [1.82, 2.24) is 4.90 Å². The molecule has 1 N–H and O–H groups in total. The quantitative estimate of drug-likeness (QED) is 0.575. The average molecular weight is 351 g/mol. The minimum Gasteiger partial charge on any atom is -0.326 e. The molecule has 1 aliphatic heterocycles. The smallest absolute Gasteiger partial charge is 0.238 e. The molecule has 1 heterocycles. The number of hydrogen-bond donors (Lipinski definition) is 1. The zero-order valence-corrected chi connectivity index (χ0v) is 15.0. The molecule has 2 amide bonds. The standard InChI is InChI=1S/C17H22N2O2S2/c1-2-13-7-9-14(10-8-13)18-15(20)6-4-3-5-11-19-16(21)12-23-17(19)22/h7-10H,2-6,11-12H2,1H3,(H,18,20). The number of hydrogen-bond acceptors (Lipinski definition) is 4. The van der Waals surface area contributed by atoms with Crippen LogP contribution in [0.3, 0.4) is 0 Å². The molecular formula is C17H22N2O2S2.